The summed E-state index contributed by atoms with van der Waals surface area (Å²) in [7, 11) is 1.52. The van der Waals surface area contributed by atoms with Gasteiger partial charge in [0.25, 0.3) is 5.91 Å². The van der Waals surface area contributed by atoms with Gasteiger partial charge in [-0.2, -0.15) is 5.10 Å². The van der Waals surface area contributed by atoms with Crippen LogP contribution >= 0.6 is 0 Å². The van der Waals surface area contributed by atoms with E-state index in [4.69, 9.17) is 21.9 Å². The van der Waals surface area contributed by atoms with Crippen LogP contribution in [0.2, 0.25) is 0 Å². The van der Waals surface area contributed by atoms with Gasteiger partial charge in [-0.25, -0.2) is 0 Å². The number of carbonyl (C=O) groups is 2. The van der Waals surface area contributed by atoms with E-state index in [1.54, 1.807) is 24.5 Å². The van der Waals surface area contributed by atoms with Crippen molar-refractivity contribution in [2.75, 3.05) is 12.4 Å². The minimum Gasteiger partial charge on any atom is -0.494 e. The predicted octanol–water partition coefficient (Wildman–Crippen LogP) is 0.479. The number of hydrogen-bond donors (Lipinski definition) is 6. The van der Waals surface area contributed by atoms with Crippen LogP contribution in [0.15, 0.2) is 53.9 Å². The summed E-state index contributed by atoms with van der Waals surface area (Å²) in [5.41, 5.74) is 19.1. The standard InChI is InChI=1S/C19H23N7O3/c1-29-17-12(11-8-23-24-9-11)3-2-4-13(17)25-14(16(21)18(22)27)7-15(20)26-19(28)10-5-6-10/h2-4,7-10,25H,5-6,20-21H2,1H3,(H2,22,27)(H,23,24)(H,26,28)/b15-7+,16-14+. The molecule has 1 heterocycles. The number of H-pyrrole nitrogens is 1. The topological polar surface area (TPSA) is 174 Å². The summed E-state index contributed by atoms with van der Waals surface area (Å²) < 4.78 is 5.55. The second-order valence-electron chi connectivity index (χ2n) is 6.55. The second kappa shape index (κ2) is 8.38. The molecular weight excluding hydrogens is 374 g/mol. The van der Waals surface area contributed by atoms with Gasteiger partial charge < -0.3 is 32.6 Å². The van der Waals surface area contributed by atoms with E-state index in [-0.39, 0.29) is 29.0 Å². The number of nitrogens with two attached hydrogens (primary N) is 3. The van der Waals surface area contributed by atoms with E-state index in [1.807, 2.05) is 6.07 Å². The lowest BCUT2D eigenvalue weighted by molar-refractivity contribution is -0.121. The number of ether oxygens (including phenoxy) is 1. The van der Waals surface area contributed by atoms with Crippen molar-refractivity contribution in [1.82, 2.24) is 15.5 Å². The van der Waals surface area contributed by atoms with Crippen molar-refractivity contribution < 1.29 is 14.3 Å². The largest absolute Gasteiger partial charge is 0.494 e. The summed E-state index contributed by atoms with van der Waals surface area (Å²) in [4.78, 5) is 23.6. The van der Waals surface area contributed by atoms with Crippen molar-refractivity contribution in [2.45, 2.75) is 12.8 Å². The molecule has 0 unspecified atom stereocenters. The average molecular weight is 397 g/mol. The minimum atomic E-state index is -0.838. The summed E-state index contributed by atoms with van der Waals surface area (Å²) in [6.45, 7) is 0. The maximum Gasteiger partial charge on any atom is 0.266 e. The normalized spacial score (nSPS) is 14.7. The number of nitrogens with zero attached hydrogens (tertiary/aromatic N) is 1. The third kappa shape index (κ3) is 4.67. The first-order chi connectivity index (χ1) is 13.9. The van der Waals surface area contributed by atoms with Crippen LogP contribution in [0.1, 0.15) is 12.8 Å². The van der Waals surface area contributed by atoms with Crippen molar-refractivity contribution in [1.29, 1.82) is 0 Å². The fourth-order valence-corrected chi connectivity index (χ4v) is 2.72. The van der Waals surface area contributed by atoms with Crippen LogP contribution in [-0.2, 0) is 9.59 Å². The van der Waals surface area contributed by atoms with Crippen LogP contribution in [0, 0.1) is 5.92 Å². The fourth-order valence-electron chi connectivity index (χ4n) is 2.72. The molecule has 3 rings (SSSR count). The Morgan fingerprint density at radius 3 is 2.62 bits per heavy atom. The van der Waals surface area contributed by atoms with Gasteiger partial charge in [0.05, 0.1) is 24.7 Å². The molecule has 1 aliphatic rings. The van der Waals surface area contributed by atoms with Crippen LogP contribution in [0.4, 0.5) is 5.69 Å². The zero-order valence-electron chi connectivity index (χ0n) is 15.9. The number of methoxy groups -OCH3 is 1. The van der Waals surface area contributed by atoms with Crippen molar-refractivity contribution in [3.05, 3.63) is 53.9 Å². The van der Waals surface area contributed by atoms with Crippen LogP contribution in [0.25, 0.3) is 11.1 Å². The molecular formula is C19H23N7O3. The number of para-hydroxylation sites is 1. The number of carbonyl (C=O) groups excluding carboxylic acids is 2. The number of hydrogen-bond acceptors (Lipinski definition) is 7. The van der Waals surface area contributed by atoms with Crippen molar-refractivity contribution >= 4 is 17.5 Å². The lowest BCUT2D eigenvalue weighted by Crippen LogP contribution is -2.30. The molecule has 0 spiro atoms. The van der Waals surface area contributed by atoms with Crippen LogP contribution < -0.4 is 32.6 Å². The van der Waals surface area contributed by atoms with E-state index in [0.29, 0.717) is 11.4 Å². The molecule has 2 aromatic rings. The first-order valence-corrected chi connectivity index (χ1v) is 8.91. The Morgan fingerprint density at radius 1 is 1.28 bits per heavy atom. The van der Waals surface area contributed by atoms with Crippen LogP contribution in [-0.4, -0.2) is 29.1 Å². The van der Waals surface area contributed by atoms with Gasteiger partial charge in [0.1, 0.15) is 17.3 Å². The zero-order chi connectivity index (χ0) is 21.0. The number of nitrogens with one attached hydrogen (secondary N) is 3. The Labute approximate surface area is 167 Å². The molecule has 0 aliphatic heterocycles. The molecule has 0 bridgehead atoms. The highest BCUT2D eigenvalue weighted by Gasteiger charge is 2.29. The number of allylic oxidation sites excluding steroid dienone is 1. The van der Waals surface area contributed by atoms with Crippen LogP contribution in [0.5, 0.6) is 5.75 Å². The summed E-state index contributed by atoms with van der Waals surface area (Å²) in [6, 6.07) is 5.40. The van der Waals surface area contributed by atoms with E-state index in [0.717, 1.165) is 24.0 Å². The smallest absolute Gasteiger partial charge is 0.266 e. The molecule has 9 N–H and O–H groups in total. The van der Waals surface area contributed by atoms with Gasteiger partial charge in [0.2, 0.25) is 5.91 Å². The van der Waals surface area contributed by atoms with Crippen molar-refractivity contribution in [2.24, 2.45) is 23.1 Å². The van der Waals surface area contributed by atoms with Gasteiger partial charge in [-0.3, -0.25) is 14.7 Å². The molecule has 29 heavy (non-hydrogen) atoms. The maximum atomic E-state index is 11.9. The molecule has 0 atom stereocenters. The molecule has 1 aromatic carbocycles. The van der Waals surface area contributed by atoms with Gasteiger partial charge >= 0.3 is 0 Å². The molecule has 0 radical (unpaired) electrons. The minimum absolute atomic E-state index is 0.0254. The molecule has 1 aromatic heterocycles. The molecule has 1 fully saturated rings. The molecule has 152 valence electrons. The number of anilines is 1. The Balaban J connectivity index is 1.94. The lowest BCUT2D eigenvalue weighted by Gasteiger charge is -2.16. The van der Waals surface area contributed by atoms with Gasteiger partial charge in [-0.15, -0.1) is 0 Å². The quantitative estimate of drug-likeness (QED) is 0.277. The van der Waals surface area contributed by atoms with E-state index >= 15 is 0 Å². The monoisotopic (exact) mass is 397 g/mol. The SMILES string of the molecule is COc1c(NC(/C=C(\N)NC(=O)C2CC2)=C(/N)C(N)=O)cccc1-c1cn[nH]c1. The number of aromatic amines is 1. The van der Waals surface area contributed by atoms with E-state index in [9.17, 15) is 9.59 Å². The first kappa shape index (κ1) is 19.8. The number of primary amides is 1. The molecule has 10 heteroatoms. The Bertz CT molecular complexity index is 976. The Hall–Kier alpha value is -3.95. The van der Waals surface area contributed by atoms with E-state index in [2.05, 4.69) is 20.8 Å². The highest BCUT2D eigenvalue weighted by atomic mass is 16.5. The van der Waals surface area contributed by atoms with E-state index in [1.165, 1.54) is 13.2 Å². The molecule has 1 saturated carbocycles. The molecule has 10 nitrogen and oxygen atoms in total. The van der Waals surface area contributed by atoms with E-state index < -0.39 is 5.91 Å². The van der Waals surface area contributed by atoms with Gasteiger partial charge in [-0.1, -0.05) is 12.1 Å². The molecule has 0 saturated heterocycles. The number of amides is 2. The lowest BCUT2D eigenvalue weighted by atomic mass is 10.1. The van der Waals surface area contributed by atoms with Crippen molar-refractivity contribution in [3.8, 4) is 16.9 Å². The Morgan fingerprint density at radius 2 is 2.03 bits per heavy atom. The fraction of sp³-hybridized carbons (Fsp3) is 0.211. The highest BCUT2D eigenvalue weighted by molar-refractivity contribution is 5.93. The predicted molar refractivity (Wildman–Crippen MR) is 108 cm³/mol. The van der Waals surface area contributed by atoms with Crippen molar-refractivity contribution in [3.63, 3.8) is 0 Å². The second-order valence-corrected chi connectivity index (χ2v) is 6.55. The molecule has 1 aliphatic carbocycles. The van der Waals surface area contributed by atoms with Crippen LogP contribution in [0.3, 0.4) is 0 Å². The summed E-state index contributed by atoms with van der Waals surface area (Å²) >= 11 is 0. The third-order valence-corrected chi connectivity index (χ3v) is 4.37. The third-order valence-electron chi connectivity index (χ3n) is 4.37. The van der Waals surface area contributed by atoms with Gasteiger partial charge in [0, 0.05) is 29.3 Å². The summed E-state index contributed by atoms with van der Waals surface area (Å²) in [5.74, 6) is -0.496. The summed E-state index contributed by atoms with van der Waals surface area (Å²) in [6.07, 6.45) is 6.40. The first-order valence-electron chi connectivity index (χ1n) is 8.91. The highest BCUT2D eigenvalue weighted by Crippen LogP contribution is 2.36. The zero-order valence-corrected chi connectivity index (χ0v) is 15.9. The van der Waals surface area contributed by atoms with Gasteiger partial charge in [0.15, 0.2) is 0 Å². The van der Waals surface area contributed by atoms with Gasteiger partial charge in [-0.05, 0) is 18.9 Å². The Kier molecular flexibility index (Phi) is 5.72. The maximum absolute atomic E-state index is 11.9. The number of rotatable bonds is 8. The number of aromatic nitrogens is 2. The number of benzene rings is 1. The average Bonchev–Trinajstić information content (AvgIpc) is 3.41. The summed E-state index contributed by atoms with van der Waals surface area (Å²) in [5, 5.41) is 12.3. The molecule has 2 amide bonds.